The molecule has 0 amide bonds. The number of benzene rings is 2. The third-order valence-corrected chi connectivity index (χ3v) is 6.27. The maximum Gasteiger partial charge on any atom is 0.285 e. The van der Waals surface area contributed by atoms with Gasteiger partial charge >= 0.3 is 0 Å². The molecule has 23 heavy (non-hydrogen) atoms. The van der Waals surface area contributed by atoms with Crippen molar-refractivity contribution in [1.29, 1.82) is 0 Å². The summed E-state index contributed by atoms with van der Waals surface area (Å²) in [6.45, 7) is 4.03. The molecule has 1 heterocycles. The molecule has 0 aliphatic heterocycles. The van der Waals surface area contributed by atoms with Gasteiger partial charge in [0.25, 0.3) is 10.0 Å². The number of hydrogen-bond donors (Lipinski definition) is 0. The fourth-order valence-corrected chi connectivity index (χ4v) is 5.08. The van der Waals surface area contributed by atoms with E-state index < -0.39 is 10.0 Å². The van der Waals surface area contributed by atoms with Gasteiger partial charge in [0.15, 0.2) is 0 Å². The molecule has 1 aromatic heterocycles. The SMILES string of the molecule is Cc1cc(C)c2c(c1)sc(=NS(=O)(=O)c1ccc(Cl)cc1)n2C. The second-order valence-electron chi connectivity index (χ2n) is 5.39. The molecule has 0 aliphatic rings. The number of thiazole rings is 1. The van der Waals surface area contributed by atoms with Crippen molar-refractivity contribution in [1.82, 2.24) is 4.57 Å². The topological polar surface area (TPSA) is 51.4 Å². The molecule has 0 unspecified atom stereocenters. The smallest absolute Gasteiger partial charge is 0.285 e. The second-order valence-corrected chi connectivity index (χ2v) is 8.44. The molecule has 0 N–H and O–H groups in total. The number of aryl methyl sites for hydroxylation is 3. The van der Waals surface area contributed by atoms with E-state index >= 15 is 0 Å². The molecular weight excluding hydrogens is 352 g/mol. The highest BCUT2D eigenvalue weighted by molar-refractivity contribution is 7.90. The van der Waals surface area contributed by atoms with Gasteiger partial charge in [0.2, 0.25) is 4.80 Å². The lowest BCUT2D eigenvalue weighted by Gasteiger charge is -2.02. The van der Waals surface area contributed by atoms with Crippen LogP contribution in [0.5, 0.6) is 0 Å². The maximum absolute atomic E-state index is 12.5. The molecule has 0 aliphatic carbocycles. The molecule has 4 nitrogen and oxygen atoms in total. The zero-order chi connectivity index (χ0) is 16.8. The first-order valence-corrected chi connectivity index (χ1v) is 9.55. The minimum absolute atomic E-state index is 0.132. The average Bonchev–Trinajstić information content (AvgIpc) is 2.75. The molecule has 0 fully saturated rings. The van der Waals surface area contributed by atoms with Crippen molar-refractivity contribution in [3.05, 3.63) is 57.3 Å². The Morgan fingerprint density at radius 1 is 1.13 bits per heavy atom. The summed E-state index contributed by atoms with van der Waals surface area (Å²) in [5.41, 5.74) is 3.25. The highest BCUT2D eigenvalue weighted by Gasteiger charge is 2.14. The van der Waals surface area contributed by atoms with Crippen LogP contribution in [-0.2, 0) is 17.1 Å². The number of halogens is 1. The van der Waals surface area contributed by atoms with E-state index in [1.807, 2.05) is 31.5 Å². The Kier molecular flexibility index (Phi) is 4.08. The van der Waals surface area contributed by atoms with Crippen LogP contribution in [0.4, 0.5) is 0 Å². The Balaban J connectivity index is 2.23. The zero-order valence-corrected chi connectivity index (χ0v) is 15.3. The molecule has 0 bridgehead atoms. The third kappa shape index (κ3) is 3.06. The summed E-state index contributed by atoms with van der Waals surface area (Å²) in [5.74, 6) is 0. The number of hydrogen-bond acceptors (Lipinski definition) is 3. The third-order valence-electron chi connectivity index (χ3n) is 3.54. The summed E-state index contributed by atoms with van der Waals surface area (Å²) in [7, 11) is -1.94. The Hall–Kier alpha value is -1.63. The molecule has 0 radical (unpaired) electrons. The molecule has 0 atom stereocenters. The first-order valence-electron chi connectivity index (χ1n) is 6.91. The lowest BCUT2D eigenvalue weighted by molar-refractivity contribution is 0.596. The molecule has 3 rings (SSSR count). The van der Waals surface area contributed by atoms with Crippen LogP contribution in [0.25, 0.3) is 10.2 Å². The Morgan fingerprint density at radius 3 is 2.43 bits per heavy atom. The summed E-state index contributed by atoms with van der Waals surface area (Å²) in [5, 5.41) is 0.488. The van der Waals surface area contributed by atoms with E-state index in [-0.39, 0.29) is 4.90 Å². The van der Waals surface area contributed by atoms with E-state index in [4.69, 9.17) is 11.6 Å². The lowest BCUT2D eigenvalue weighted by atomic mass is 10.1. The molecule has 2 aromatic carbocycles. The van der Waals surface area contributed by atoms with E-state index in [2.05, 4.69) is 10.5 Å². The van der Waals surface area contributed by atoms with Crippen molar-refractivity contribution in [2.75, 3.05) is 0 Å². The highest BCUT2D eigenvalue weighted by atomic mass is 35.5. The van der Waals surface area contributed by atoms with Crippen LogP contribution in [0.3, 0.4) is 0 Å². The van der Waals surface area contributed by atoms with Gasteiger partial charge in [0, 0.05) is 12.1 Å². The van der Waals surface area contributed by atoms with Gasteiger partial charge in [-0.15, -0.1) is 4.40 Å². The normalized spacial score (nSPS) is 13.0. The fourth-order valence-electron chi connectivity index (χ4n) is 2.53. The van der Waals surface area contributed by atoms with E-state index in [0.717, 1.165) is 21.3 Å². The average molecular weight is 367 g/mol. The molecular formula is C16H15ClN2O2S2. The van der Waals surface area contributed by atoms with Gasteiger partial charge in [0.1, 0.15) is 0 Å². The van der Waals surface area contributed by atoms with Crippen LogP contribution >= 0.6 is 22.9 Å². The molecule has 0 saturated heterocycles. The van der Waals surface area contributed by atoms with E-state index in [9.17, 15) is 8.42 Å². The number of sulfonamides is 1. The summed E-state index contributed by atoms with van der Waals surface area (Å²) < 4.78 is 31.8. The van der Waals surface area contributed by atoms with Crippen LogP contribution in [0.1, 0.15) is 11.1 Å². The molecule has 0 saturated carbocycles. The van der Waals surface area contributed by atoms with Crippen molar-refractivity contribution >= 4 is 43.2 Å². The minimum Gasteiger partial charge on any atom is -0.319 e. The molecule has 7 heteroatoms. The van der Waals surface area contributed by atoms with Crippen LogP contribution < -0.4 is 4.80 Å². The van der Waals surface area contributed by atoms with Crippen molar-refractivity contribution in [2.45, 2.75) is 18.7 Å². The van der Waals surface area contributed by atoms with Crippen molar-refractivity contribution in [2.24, 2.45) is 11.4 Å². The highest BCUT2D eigenvalue weighted by Crippen LogP contribution is 2.23. The number of rotatable bonds is 2. The van der Waals surface area contributed by atoms with Crippen LogP contribution in [0.2, 0.25) is 5.02 Å². The summed E-state index contributed by atoms with van der Waals surface area (Å²) >= 11 is 7.17. The first-order chi connectivity index (χ1) is 10.8. The van der Waals surface area contributed by atoms with Crippen LogP contribution in [-0.4, -0.2) is 13.0 Å². The summed E-state index contributed by atoms with van der Waals surface area (Å²) in [6.07, 6.45) is 0. The Labute approximate surface area is 143 Å². The van der Waals surface area contributed by atoms with Crippen molar-refractivity contribution in [3.63, 3.8) is 0 Å². The van der Waals surface area contributed by atoms with Gasteiger partial charge in [-0.3, -0.25) is 0 Å². The van der Waals surface area contributed by atoms with E-state index in [0.29, 0.717) is 9.82 Å². The first kappa shape index (κ1) is 16.2. The van der Waals surface area contributed by atoms with Gasteiger partial charge in [-0.25, -0.2) is 0 Å². The standard InChI is InChI=1S/C16H15ClN2O2S2/c1-10-8-11(2)15-14(9-10)22-16(19(15)3)18-23(20,21)13-6-4-12(17)5-7-13/h4-9H,1-3H3. The fraction of sp³-hybridized carbons (Fsp3) is 0.188. The lowest BCUT2D eigenvalue weighted by Crippen LogP contribution is -2.14. The summed E-state index contributed by atoms with van der Waals surface area (Å²) in [6, 6.07) is 10.1. The van der Waals surface area contributed by atoms with Gasteiger partial charge in [-0.2, -0.15) is 8.42 Å². The van der Waals surface area contributed by atoms with Gasteiger partial charge < -0.3 is 4.57 Å². The predicted octanol–water partition coefficient (Wildman–Crippen LogP) is 3.80. The monoisotopic (exact) mass is 366 g/mol. The van der Waals surface area contributed by atoms with E-state index in [1.165, 1.54) is 23.5 Å². The number of aromatic nitrogens is 1. The number of fused-ring (bicyclic) bond motifs is 1. The maximum atomic E-state index is 12.5. The molecule has 120 valence electrons. The molecule has 3 aromatic rings. The van der Waals surface area contributed by atoms with Crippen LogP contribution in [0.15, 0.2) is 45.7 Å². The van der Waals surface area contributed by atoms with Crippen molar-refractivity contribution in [3.8, 4) is 0 Å². The Bertz CT molecular complexity index is 1060. The van der Waals surface area contributed by atoms with Gasteiger partial charge in [-0.1, -0.05) is 29.0 Å². The zero-order valence-electron chi connectivity index (χ0n) is 12.9. The van der Waals surface area contributed by atoms with E-state index in [1.54, 1.807) is 12.1 Å². The number of nitrogens with zero attached hydrogens (tertiary/aromatic N) is 2. The van der Waals surface area contributed by atoms with Crippen molar-refractivity contribution < 1.29 is 8.42 Å². The minimum atomic E-state index is -3.77. The van der Waals surface area contributed by atoms with Crippen LogP contribution in [0, 0.1) is 13.8 Å². The van der Waals surface area contributed by atoms with Gasteiger partial charge in [-0.05, 0) is 55.3 Å². The Morgan fingerprint density at radius 2 is 1.78 bits per heavy atom. The summed E-state index contributed by atoms with van der Waals surface area (Å²) in [4.78, 5) is 0.580. The predicted molar refractivity (Wildman–Crippen MR) is 94.5 cm³/mol. The largest absolute Gasteiger partial charge is 0.319 e. The molecule has 0 spiro atoms. The van der Waals surface area contributed by atoms with Gasteiger partial charge in [0.05, 0.1) is 15.1 Å². The second kappa shape index (κ2) is 5.78. The quantitative estimate of drug-likeness (QED) is 0.692.